The van der Waals surface area contributed by atoms with Crippen LogP contribution in [0.25, 0.3) is 11.8 Å². The van der Waals surface area contributed by atoms with Gasteiger partial charge in [0.1, 0.15) is 18.1 Å². The molecule has 1 aromatic heterocycles. The predicted molar refractivity (Wildman–Crippen MR) is 75.7 cm³/mol. The molecule has 0 saturated carbocycles. The molecule has 2 nitrogen and oxygen atoms in total. The second kappa shape index (κ2) is 7.29. The second-order valence-electron chi connectivity index (χ2n) is 4.56. The van der Waals surface area contributed by atoms with Gasteiger partial charge in [-0.1, -0.05) is 38.1 Å². The smallest absolute Gasteiger partial charge is 0.258 e. The first-order valence-corrected chi connectivity index (χ1v) is 6.56. The third-order valence-corrected chi connectivity index (χ3v) is 3.32. The maximum atomic E-state index is 3.78. The van der Waals surface area contributed by atoms with Crippen molar-refractivity contribution in [3.05, 3.63) is 54.6 Å². The number of hydrogen-bond donors (Lipinski definition) is 0. The molecule has 19 heavy (non-hydrogen) atoms. The molecule has 2 aromatic rings. The van der Waals surface area contributed by atoms with Crippen LogP contribution in [0, 0.1) is 6.92 Å². The van der Waals surface area contributed by atoms with E-state index >= 15 is 0 Å². The van der Waals surface area contributed by atoms with Gasteiger partial charge in [-0.3, -0.25) is 0 Å². The van der Waals surface area contributed by atoms with E-state index in [4.69, 9.17) is 0 Å². The third kappa shape index (κ3) is 3.57. The average Bonchev–Trinajstić information content (AvgIpc) is 2.78. The maximum absolute atomic E-state index is 3.78. The van der Waals surface area contributed by atoms with Gasteiger partial charge < -0.3 is 17.0 Å². The number of unbranched alkanes of at least 4 members (excludes halogenated alkanes) is 1. The monoisotopic (exact) mass is 320 g/mol. The molecule has 2 rings (SSSR count). The minimum Gasteiger partial charge on any atom is -1.00 e. The zero-order valence-electron chi connectivity index (χ0n) is 11.6. The highest BCUT2D eigenvalue weighted by molar-refractivity contribution is 5.48. The first-order valence-electron chi connectivity index (χ1n) is 6.56. The summed E-state index contributed by atoms with van der Waals surface area (Å²) in [5, 5.41) is 0. The van der Waals surface area contributed by atoms with Crippen LogP contribution in [-0.2, 0) is 6.54 Å². The summed E-state index contributed by atoms with van der Waals surface area (Å²) in [5.41, 5.74) is 2.36. The summed E-state index contributed by atoms with van der Waals surface area (Å²) >= 11 is 0. The van der Waals surface area contributed by atoms with Gasteiger partial charge in [-0.25, -0.2) is 9.13 Å². The average molecular weight is 321 g/mol. The van der Waals surface area contributed by atoms with Crippen LogP contribution < -0.4 is 21.5 Å². The Balaban J connectivity index is 0.00000180. The van der Waals surface area contributed by atoms with Crippen LogP contribution in [0.3, 0.4) is 0 Å². The van der Waals surface area contributed by atoms with Crippen molar-refractivity contribution in [1.29, 1.82) is 0 Å². The molecule has 0 saturated heterocycles. The largest absolute Gasteiger partial charge is 1.00 e. The van der Waals surface area contributed by atoms with Gasteiger partial charge in [-0.05, 0) is 24.1 Å². The molecule has 102 valence electrons. The first kappa shape index (κ1) is 15.7. The fraction of sp³-hybridized carbons (Fsp3) is 0.312. The van der Waals surface area contributed by atoms with Gasteiger partial charge >= 0.3 is 0 Å². The third-order valence-electron chi connectivity index (χ3n) is 3.32. The van der Waals surface area contributed by atoms with Crippen molar-refractivity contribution in [3.63, 3.8) is 0 Å². The minimum absolute atomic E-state index is 0. The lowest BCUT2D eigenvalue weighted by Crippen LogP contribution is -3.00. The lowest BCUT2D eigenvalue weighted by Gasteiger charge is -2.01. The molecule has 0 aliphatic rings. The van der Waals surface area contributed by atoms with Gasteiger partial charge in [0.15, 0.2) is 0 Å². The Morgan fingerprint density at radius 3 is 2.53 bits per heavy atom. The summed E-state index contributed by atoms with van der Waals surface area (Å²) in [6.07, 6.45) is 8.62. The summed E-state index contributed by atoms with van der Waals surface area (Å²) in [7, 11) is 0. The normalized spacial score (nSPS) is 10.0. The molecule has 0 atom stereocenters. The van der Waals surface area contributed by atoms with Crippen LogP contribution in [0.2, 0.25) is 0 Å². The zero-order valence-corrected chi connectivity index (χ0v) is 13.2. The number of hydrogen-bond acceptors (Lipinski definition) is 0. The van der Waals surface area contributed by atoms with E-state index in [1.54, 1.807) is 0 Å². The molecular formula is C16H21BrN2. The molecule has 0 bridgehead atoms. The molecule has 0 radical (unpaired) electrons. The summed E-state index contributed by atoms with van der Waals surface area (Å²) in [4.78, 5) is 0. The van der Waals surface area contributed by atoms with Crippen LogP contribution in [0.5, 0.6) is 0 Å². The van der Waals surface area contributed by atoms with Gasteiger partial charge in [0, 0.05) is 6.92 Å². The zero-order chi connectivity index (χ0) is 13.0. The molecule has 0 aliphatic carbocycles. The fourth-order valence-electron chi connectivity index (χ4n) is 2.11. The molecule has 1 aromatic carbocycles. The molecule has 0 spiro atoms. The number of aryl methyl sites for hydroxylation is 1. The van der Waals surface area contributed by atoms with Gasteiger partial charge in [0.25, 0.3) is 5.82 Å². The molecule has 0 aliphatic heterocycles. The highest BCUT2D eigenvalue weighted by Gasteiger charge is 2.13. The predicted octanol–water partition coefficient (Wildman–Crippen LogP) is 0.520. The highest BCUT2D eigenvalue weighted by atomic mass is 79.9. The van der Waals surface area contributed by atoms with Crippen molar-refractivity contribution in [1.82, 2.24) is 4.57 Å². The van der Waals surface area contributed by atoms with Gasteiger partial charge in [0.2, 0.25) is 0 Å². The van der Waals surface area contributed by atoms with E-state index in [1.165, 1.54) is 24.4 Å². The van der Waals surface area contributed by atoms with E-state index in [0.717, 1.165) is 12.1 Å². The van der Waals surface area contributed by atoms with Crippen LogP contribution in [0.1, 0.15) is 31.2 Å². The minimum atomic E-state index is 0. The summed E-state index contributed by atoms with van der Waals surface area (Å²) in [6, 6.07) is 8.46. The quantitative estimate of drug-likeness (QED) is 0.710. The Labute approximate surface area is 126 Å². The molecule has 0 fully saturated rings. The van der Waals surface area contributed by atoms with Crippen LogP contribution >= 0.6 is 0 Å². The van der Waals surface area contributed by atoms with E-state index in [9.17, 15) is 0 Å². The van der Waals surface area contributed by atoms with Crippen molar-refractivity contribution in [2.75, 3.05) is 0 Å². The van der Waals surface area contributed by atoms with E-state index in [1.807, 2.05) is 6.08 Å². The molecule has 0 unspecified atom stereocenters. The number of imidazole rings is 1. The standard InChI is InChI=1S/C16H21N2.BrH/c1-4-6-11-17-12-13-18(14(17)3)16-9-7-15(5-2)8-10-16;/h5,7-10,12-13H,2,4,6,11H2,1,3H3;1H/q+1;/p-1. The number of halogens is 1. The first-order chi connectivity index (χ1) is 8.76. The van der Waals surface area contributed by atoms with Gasteiger partial charge in [-0.15, -0.1) is 0 Å². The Morgan fingerprint density at radius 2 is 1.95 bits per heavy atom. The second-order valence-corrected chi connectivity index (χ2v) is 4.56. The van der Waals surface area contributed by atoms with Gasteiger partial charge in [0.05, 0.1) is 6.54 Å². The summed E-state index contributed by atoms with van der Waals surface area (Å²) in [5.74, 6) is 1.27. The van der Waals surface area contributed by atoms with E-state index in [2.05, 4.69) is 66.2 Å². The van der Waals surface area contributed by atoms with E-state index in [-0.39, 0.29) is 17.0 Å². The molecule has 0 amide bonds. The summed E-state index contributed by atoms with van der Waals surface area (Å²) < 4.78 is 4.54. The molecule has 3 heteroatoms. The summed E-state index contributed by atoms with van der Waals surface area (Å²) in [6.45, 7) is 9.26. The number of rotatable bonds is 5. The maximum Gasteiger partial charge on any atom is 0.258 e. The Morgan fingerprint density at radius 1 is 1.26 bits per heavy atom. The van der Waals surface area contributed by atoms with Gasteiger partial charge in [-0.2, -0.15) is 0 Å². The number of benzene rings is 1. The van der Waals surface area contributed by atoms with Crippen molar-refractivity contribution >= 4 is 6.08 Å². The van der Waals surface area contributed by atoms with Crippen LogP contribution in [0.15, 0.2) is 43.2 Å². The van der Waals surface area contributed by atoms with Crippen molar-refractivity contribution in [2.24, 2.45) is 0 Å². The molecule has 0 N–H and O–H groups in total. The Hall–Kier alpha value is -1.35. The molecule has 1 heterocycles. The lowest BCUT2D eigenvalue weighted by molar-refractivity contribution is -0.602. The number of nitrogens with zero attached hydrogens (tertiary/aromatic N) is 2. The van der Waals surface area contributed by atoms with E-state index < -0.39 is 0 Å². The van der Waals surface area contributed by atoms with Crippen molar-refractivity contribution in [2.45, 2.75) is 33.2 Å². The SMILES string of the molecule is C=Cc1ccc(-[n+]2ccn(CCCC)c2C)cc1.[Br-]. The van der Waals surface area contributed by atoms with Crippen molar-refractivity contribution < 1.29 is 21.5 Å². The van der Waals surface area contributed by atoms with Crippen LogP contribution in [0.4, 0.5) is 0 Å². The Bertz CT molecular complexity index is 526. The number of aromatic nitrogens is 2. The molecular weight excluding hydrogens is 300 g/mol. The highest BCUT2D eigenvalue weighted by Crippen LogP contribution is 2.07. The fourth-order valence-corrected chi connectivity index (χ4v) is 2.11. The lowest BCUT2D eigenvalue weighted by atomic mass is 10.2. The van der Waals surface area contributed by atoms with Crippen LogP contribution in [-0.4, -0.2) is 4.57 Å². The van der Waals surface area contributed by atoms with E-state index in [0.29, 0.717) is 0 Å². The topological polar surface area (TPSA) is 8.81 Å². The Kier molecular flexibility index (Phi) is 6.03. The van der Waals surface area contributed by atoms with Crippen molar-refractivity contribution in [3.8, 4) is 5.69 Å².